The minimum atomic E-state index is -0.0591. The van der Waals surface area contributed by atoms with Gasteiger partial charge < -0.3 is 15.8 Å². The van der Waals surface area contributed by atoms with Crippen molar-refractivity contribution in [2.75, 3.05) is 37.8 Å². The Labute approximate surface area is 142 Å². The van der Waals surface area contributed by atoms with Gasteiger partial charge in [0.15, 0.2) is 0 Å². The van der Waals surface area contributed by atoms with Gasteiger partial charge in [-0.05, 0) is 48.9 Å². The molecule has 0 aliphatic carbocycles. The second-order valence-corrected chi connectivity index (χ2v) is 5.48. The number of pyridine rings is 1. The van der Waals surface area contributed by atoms with Crippen molar-refractivity contribution >= 4 is 17.3 Å². The summed E-state index contributed by atoms with van der Waals surface area (Å²) >= 11 is 0. The molecule has 1 aromatic heterocycles. The first kappa shape index (κ1) is 17.7. The molecule has 0 radical (unpaired) electrons. The molecule has 0 aliphatic heterocycles. The van der Waals surface area contributed by atoms with Crippen LogP contribution in [0.4, 0.5) is 11.4 Å². The molecule has 0 saturated heterocycles. The Kier molecular flexibility index (Phi) is 6.57. The van der Waals surface area contributed by atoms with E-state index >= 15 is 0 Å². The van der Waals surface area contributed by atoms with E-state index in [1.54, 1.807) is 37.7 Å². The number of hydrogen-bond acceptors (Lipinski definition) is 5. The van der Waals surface area contributed by atoms with E-state index in [-0.39, 0.29) is 5.91 Å². The first-order chi connectivity index (χ1) is 11.6. The number of rotatable bonds is 8. The highest BCUT2D eigenvalue weighted by atomic mass is 16.5. The Morgan fingerprint density at radius 1 is 1.29 bits per heavy atom. The summed E-state index contributed by atoms with van der Waals surface area (Å²) in [6.45, 7) is 4.01. The molecule has 128 valence electrons. The van der Waals surface area contributed by atoms with Gasteiger partial charge in [0.05, 0.1) is 19.3 Å². The maximum atomic E-state index is 12.2. The summed E-state index contributed by atoms with van der Waals surface area (Å²) in [6.07, 6.45) is 4.46. The van der Waals surface area contributed by atoms with Crippen LogP contribution in [0.1, 0.15) is 12.5 Å². The summed E-state index contributed by atoms with van der Waals surface area (Å²) in [5, 5.41) is 2.87. The van der Waals surface area contributed by atoms with Crippen molar-refractivity contribution in [3.8, 4) is 5.75 Å². The molecule has 2 aromatic rings. The van der Waals surface area contributed by atoms with Gasteiger partial charge in [0.2, 0.25) is 5.91 Å². The third-order valence-electron chi connectivity index (χ3n) is 3.79. The largest absolute Gasteiger partial charge is 0.495 e. The van der Waals surface area contributed by atoms with Crippen LogP contribution in [0.3, 0.4) is 0 Å². The average Bonchev–Trinajstić information content (AvgIpc) is 2.59. The van der Waals surface area contributed by atoms with Gasteiger partial charge in [-0.1, -0.05) is 6.92 Å². The molecule has 0 saturated carbocycles. The molecule has 3 N–H and O–H groups in total. The maximum absolute atomic E-state index is 12.2. The second-order valence-electron chi connectivity index (χ2n) is 5.48. The Morgan fingerprint density at radius 3 is 2.67 bits per heavy atom. The van der Waals surface area contributed by atoms with Crippen molar-refractivity contribution in [2.24, 2.45) is 0 Å². The summed E-state index contributed by atoms with van der Waals surface area (Å²) < 4.78 is 5.11. The summed E-state index contributed by atoms with van der Waals surface area (Å²) in [6, 6.07) is 9.21. The quantitative estimate of drug-likeness (QED) is 0.726. The lowest BCUT2D eigenvalue weighted by Crippen LogP contribution is -2.34. The van der Waals surface area contributed by atoms with Crippen molar-refractivity contribution in [2.45, 2.75) is 13.3 Å². The van der Waals surface area contributed by atoms with E-state index in [4.69, 9.17) is 10.5 Å². The number of nitrogens with one attached hydrogen (secondary N) is 1. The van der Waals surface area contributed by atoms with Crippen LogP contribution in [0.5, 0.6) is 5.75 Å². The minimum Gasteiger partial charge on any atom is -0.495 e. The van der Waals surface area contributed by atoms with Crippen molar-refractivity contribution in [1.29, 1.82) is 0 Å². The Hall–Kier alpha value is -2.60. The number of nitrogen functional groups attached to an aromatic ring is 1. The topological polar surface area (TPSA) is 80.5 Å². The lowest BCUT2D eigenvalue weighted by atomic mass is 10.2. The fraction of sp³-hybridized carbons (Fsp3) is 0.333. The van der Waals surface area contributed by atoms with E-state index in [2.05, 4.69) is 15.2 Å². The zero-order chi connectivity index (χ0) is 17.4. The van der Waals surface area contributed by atoms with E-state index in [1.165, 1.54) is 5.56 Å². The van der Waals surface area contributed by atoms with Gasteiger partial charge in [0, 0.05) is 24.6 Å². The molecule has 0 aliphatic rings. The van der Waals surface area contributed by atoms with Crippen molar-refractivity contribution < 1.29 is 9.53 Å². The summed E-state index contributed by atoms with van der Waals surface area (Å²) in [7, 11) is 1.56. The number of nitrogens with zero attached hydrogens (tertiary/aromatic N) is 2. The molecule has 0 fully saturated rings. The first-order valence-electron chi connectivity index (χ1n) is 7.97. The molecular formula is C18H24N4O2. The monoisotopic (exact) mass is 328 g/mol. The number of ether oxygens (including phenoxy) is 1. The first-order valence-corrected chi connectivity index (χ1v) is 7.97. The summed E-state index contributed by atoms with van der Waals surface area (Å²) in [4.78, 5) is 18.3. The van der Waals surface area contributed by atoms with Crippen molar-refractivity contribution in [3.05, 3.63) is 48.3 Å². The molecule has 1 aromatic carbocycles. The highest BCUT2D eigenvalue weighted by Gasteiger charge is 2.10. The van der Waals surface area contributed by atoms with E-state index in [0.717, 1.165) is 19.5 Å². The third kappa shape index (κ3) is 5.24. The molecule has 6 heteroatoms. The lowest BCUT2D eigenvalue weighted by Gasteiger charge is -2.20. The molecule has 0 spiro atoms. The van der Waals surface area contributed by atoms with Crippen LogP contribution in [0.2, 0.25) is 0 Å². The van der Waals surface area contributed by atoms with Crippen molar-refractivity contribution in [3.63, 3.8) is 0 Å². The number of likely N-dealkylation sites (N-methyl/N-ethyl adjacent to an activating group) is 1. The summed E-state index contributed by atoms with van der Waals surface area (Å²) in [5.74, 6) is 0.539. The molecular weight excluding hydrogens is 304 g/mol. The second kappa shape index (κ2) is 8.88. The van der Waals surface area contributed by atoms with Gasteiger partial charge in [0.25, 0.3) is 0 Å². The molecule has 6 nitrogen and oxygen atoms in total. The minimum absolute atomic E-state index is 0.0591. The number of anilines is 2. The van der Waals surface area contributed by atoms with Crippen LogP contribution in [-0.2, 0) is 11.2 Å². The molecule has 2 rings (SSSR count). The van der Waals surface area contributed by atoms with E-state index in [0.29, 0.717) is 23.7 Å². The van der Waals surface area contributed by atoms with Crippen molar-refractivity contribution in [1.82, 2.24) is 9.88 Å². The van der Waals surface area contributed by atoms with Gasteiger partial charge in [-0.3, -0.25) is 14.7 Å². The maximum Gasteiger partial charge on any atom is 0.238 e. The van der Waals surface area contributed by atoms with E-state index in [9.17, 15) is 4.79 Å². The van der Waals surface area contributed by atoms with Gasteiger partial charge >= 0.3 is 0 Å². The summed E-state index contributed by atoms with van der Waals surface area (Å²) in [5.41, 5.74) is 8.24. The highest BCUT2D eigenvalue weighted by Crippen LogP contribution is 2.24. The number of benzene rings is 1. The standard InChI is InChI=1S/C18H24N4O2/c1-3-22(11-8-14-6-9-20-10-7-14)13-18(23)21-15-4-5-17(24-2)16(19)12-15/h4-7,9-10,12H,3,8,11,13,19H2,1-2H3,(H,21,23). The predicted octanol–water partition coefficient (Wildman–Crippen LogP) is 2.18. The van der Waals surface area contributed by atoms with E-state index < -0.39 is 0 Å². The Balaban J connectivity index is 1.86. The molecule has 0 unspecified atom stereocenters. The SMILES string of the molecule is CCN(CCc1ccncc1)CC(=O)Nc1ccc(OC)c(N)c1. The van der Waals surface area contributed by atoms with Gasteiger partial charge in [-0.2, -0.15) is 0 Å². The Bertz CT molecular complexity index is 661. The average molecular weight is 328 g/mol. The number of amides is 1. The Morgan fingerprint density at radius 2 is 2.04 bits per heavy atom. The van der Waals surface area contributed by atoms with Crippen LogP contribution in [0.25, 0.3) is 0 Å². The lowest BCUT2D eigenvalue weighted by molar-refractivity contribution is -0.117. The zero-order valence-electron chi connectivity index (χ0n) is 14.2. The molecule has 1 heterocycles. The van der Waals surface area contributed by atoms with Crippen LogP contribution in [0.15, 0.2) is 42.7 Å². The van der Waals surface area contributed by atoms with Crippen LogP contribution in [-0.4, -0.2) is 42.5 Å². The number of nitrogens with two attached hydrogens (primary N) is 1. The number of carbonyl (C=O) groups excluding carboxylic acids is 1. The van der Waals surface area contributed by atoms with E-state index in [1.807, 2.05) is 19.1 Å². The van der Waals surface area contributed by atoms with Gasteiger partial charge in [-0.15, -0.1) is 0 Å². The van der Waals surface area contributed by atoms with Crippen LogP contribution in [0, 0.1) is 0 Å². The number of carbonyl (C=O) groups is 1. The molecule has 1 amide bonds. The smallest absolute Gasteiger partial charge is 0.238 e. The molecule has 24 heavy (non-hydrogen) atoms. The van der Waals surface area contributed by atoms with Crippen LogP contribution >= 0.6 is 0 Å². The van der Waals surface area contributed by atoms with Gasteiger partial charge in [0.1, 0.15) is 5.75 Å². The fourth-order valence-corrected chi connectivity index (χ4v) is 2.40. The predicted molar refractivity (Wildman–Crippen MR) is 96.1 cm³/mol. The highest BCUT2D eigenvalue weighted by molar-refractivity contribution is 5.92. The number of methoxy groups -OCH3 is 1. The number of hydrogen-bond donors (Lipinski definition) is 2. The third-order valence-corrected chi connectivity index (χ3v) is 3.79. The van der Waals surface area contributed by atoms with Gasteiger partial charge in [-0.25, -0.2) is 0 Å². The number of aromatic nitrogens is 1. The molecule has 0 atom stereocenters. The molecule has 0 bridgehead atoms. The zero-order valence-corrected chi connectivity index (χ0v) is 14.2. The normalized spacial score (nSPS) is 10.6. The fourth-order valence-electron chi connectivity index (χ4n) is 2.40. The van der Waals surface area contributed by atoms with Crippen LogP contribution < -0.4 is 15.8 Å².